The number of rotatable bonds is 7. The van der Waals surface area contributed by atoms with E-state index < -0.39 is 6.03 Å². The first kappa shape index (κ1) is 17.2. The summed E-state index contributed by atoms with van der Waals surface area (Å²) >= 11 is 0. The fourth-order valence-corrected chi connectivity index (χ4v) is 1.87. The van der Waals surface area contributed by atoms with Gasteiger partial charge in [0.25, 0.3) is 5.91 Å². The monoisotopic (exact) mass is 292 g/mol. The molecule has 0 aliphatic rings. The van der Waals surface area contributed by atoms with Crippen LogP contribution in [0.25, 0.3) is 0 Å². The lowest BCUT2D eigenvalue weighted by Gasteiger charge is -2.11. The molecule has 0 heterocycles. The number of nitrogens with one attached hydrogen (secondary N) is 2. The summed E-state index contributed by atoms with van der Waals surface area (Å²) in [7, 11) is 0. The minimum atomic E-state index is -0.415. The maximum Gasteiger partial charge on any atom is 0.321 e. The molecule has 0 aliphatic carbocycles. The lowest BCUT2D eigenvalue weighted by atomic mass is 10.1. The highest BCUT2D eigenvalue weighted by Gasteiger charge is 2.13. The van der Waals surface area contributed by atoms with Crippen LogP contribution < -0.4 is 16.0 Å². The fourth-order valence-electron chi connectivity index (χ4n) is 1.87. The van der Waals surface area contributed by atoms with Gasteiger partial charge in [0.05, 0.1) is 0 Å². The number of quaternary nitrogens is 1. The second kappa shape index (κ2) is 9.13. The molecule has 1 aromatic rings. The molecule has 0 unspecified atom stereocenters. The van der Waals surface area contributed by atoms with Crippen LogP contribution in [0.3, 0.4) is 0 Å². The van der Waals surface area contributed by atoms with Crippen LogP contribution in [0.2, 0.25) is 0 Å². The van der Waals surface area contributed by atoms with Gasteiger partial charge < -0.3 is 10.6 Å². The van der Waals surface area contributed by atoms with Gasteiger partial charge in [0, 0.05) is 12.1 Å². The van der Waals surface area contributed by atoms with Crippen LogP contribution in [0.15, 0.2) is 30.3 Å². The summed E-state index contributed by atoms with van der Waals surface area (Å²) in [6.07, 6.45) is 0.902. The van der Waals surface area contributed by atoms with Crippen LogP contribution in [-0.2, 0) is 4.79 Å². The highest BCUT2D eigenvalue weighted by Crippen LogP contribution is 2.05. The summed E-state index contributed by atoms with van der Waals surface area (Å²) < 4.78 is 0. The minimum Gasteiger partial charge on any atom is -0.338 e. The minimum absolute atomic E-state index is 0.181. The SMILES string of the molecule is CC(C)CCNC(=O)NC(=O)C[NH2+][C@H](C)c1ccccc1. The quantitative estimate of drug-likeness (QED) is 0.706. The van der Waals surface area contributed by atoms with Crippen LogP contribution in [0.1, 0.15) is 38.8 Å². The normalized spacial score (nSPS) is 12.0. The Hall–Kier alpha value is -1.88. The first-order valence-electron chi connectivity index (χ1n) is 7.45. The van der Waals surface area contributed by atoms with E-state index in [0.717, 1.165) is 12.0 Å². The first-order valence-corrected chi connectivity index (χ1v) is 7.45. The predicted molar refractivity (Wildman–Crippen MR) is 82.6 cm³/mol. The number of nitrogens with two attached hydrogens (primary N) is 1. The van der Waals surface area contributed by atoms with E-state index >= 15 is 0 Å². The van der Waals surface area contributed by atoms with Crippen molar-refractivity contribution < 1.29 is 14.9 Å². The Kier molecular flexibility index (Phi) is 7.46. The molecule has 1 aromatic carbocycles. The summed E-state index contributed by atoms with van der Waals surface area (Å²) in [6.45, 7) is 7.02. The van der Waals surface area contributed by atoms with E-state index in [1.807, 2.05) is 42.6 Å². The molecule has 5 nitrogen and oxygen atoms in total. The number of urea groups is 1. The second-order valence-electron chi connectivity index (χ2n) is 5.63. The van der Waals surface area contributed by atoms with Gasteiger partial charge in [-0.1, -0.05) is 44.2 Å². The van der Waals surface area contributed by atoms with E-state index in [4.69, 9.17) is 0 Å². The molecule has 116 valence electrons. The van der Waals surface area contributed by atoms with Gasteiger partial charge in [-0.2, -0.15) is 0 Å². The van der Waals surface area contributed by atoms with Gasteiger partial charge in [0.1, 0.15) is 6.04 Å². The zero-order valence-electron chi connectivity index (χ0n) is 13.1. The molecule has 0 aromatic heterocycles. The zero-order valence-corrected chi connectivity index (χ0v) is 13.1. The average Bonchev–Trinajstić information content (AvgIpc) is 2.45. The summed E-state index contributed by atoms with van der Waals surface area (Å²) in [4.78, 5) is 23.2. The zero-order chi connectivity index (χ0) is 15.7. The summed E-state index contributed by atoms with van der Waals surface area (Å²) in [5, 5.41) is 6.93. The molecule has 1 atom stereocenters. The van der Waals surface area contributed by atoms with Gasteiger partial charge in [0.2, 0.25) is 0 Å². The van der Waals surface area contributed by atoms with Crippen LogP contribution in [0, 0.1) is 5.92 Å². The van der Waals surface area contributed by atoms with Gasteiger partial charge >= 0.3 is 6.03 Å². The van der Waals surface area contributed by atoms with Crippen molar-refractivity contribution in [1.82, 2.24) is 10.6 Å². The summed E-state index contributed by atoms with van der Waals surface area (Å²) in [5.41, 5.74) is 1.16. The first-order chi connectivity index (χ1) is 9.99. The predicted octanol–water partition coefficient (Wildman–Crippen LogP) is 1.18. The smallest absolute Gasteiger partial charge is 0.321 e. The molecule has 0 radical (unpaired) electrons. The van der Waals surface area contributed by atoms with E-state index in [2.05, 4.69) is 24.5 Å². The van der Waals surface area contributed by atoms with Crippen molar-refractivity contribution in [2.24, 2.45) is 5.92 Å². The molecular formula is C16H26N3O2+. The molecule has 0 fully saturated rings. The number of hydrogen-bond donors (Lipinski definition) is 3. The number of carbonyl (C=O) groups excluding carboxylic acids is 2. The Morgan fingerprint density at radius 1 is 1.14 bits per heavy atom. The number of amides is 3. The Bertz CT molecular complexity index is 446. The molecule has 0 saturated carbocycles. The van der Waals surface area contributed by atoms with Gasteiger partial charge in [-0.25, -0.2) is 4.79 Å². The standard InChI is InChI=1S/C16H25N3O2/c1-12(2)9-10-17-16(21)19-15(20)11-18-13(3)14-7-5-4-6-8-14/h4-8,12-13,18H,9-11H2,1-3H3,(H2,17,19,20,21)/p+1/t13-/m1/s1. The molecule has 0 saturated heterocycles. The molecule has 0 spiro atoms. The Morgan fingerprint density at radius 2 is 1.81 bits per heavy atom. The lowest BCUT2D eigenvalue weighted by Crippen LogP contribution is -2.87. The van der Waals surface area contributed by atoms with Gasteiger partial charge in [-0.15, -0.1) is 0 Å². The van der Waals surface area contributed by atoms with Crippen LogP contribution in [-0.4, -0.2) is 25.0 Å². The van der Waals surface area contributed by atoms with E-state index in [1.165, 1.54) is 0 Å². The number of carbonyl (C=O) groups is 2. The van der Waals surface area contributed by atoms with Crippen molar-refractivity contribution >= 4 is 11.9 Å². The van der Waals surface area contributed by atoms with Crippen LogP contribution >= 0.6 is 0 Å². The van der Waals surface area contributed by atoms with Gasteiger partial charge in [0.15, 0.2) is 6.54 Å². The van der Waals surface area contributed by atoms with E-state index in [0.29, 0.717) is 12.5 Å². The van der Waals surface area contributed by atoms with Crippen molar-refractivity contribution in [3.05, 3.63) is 35.9 Å². The topological polar surface area (TPSA) is 74.8 Å². The van der Waals surface area contributed by atoms with Crippen molar-refractivity contribution in [3.63, 3.8) is 0 Å². The highest BCUT2D eigenvalue weighted by molar-refractivity contribution is 5.94. The van der Waals surface area contributed by atoms with E-state index in [-0.39, 0.29) is 18.5 Å². The van der Waals surface area contributed by atoms with Gasteiger partial charge in [-0.05, 0) is 19.3 Å². The number of imide groups is 1. The molecule has 5 heteroatoms. The lowest BCUT2D eigenvalue weighted by molar-refractivity contribution is -0.682. The molecule has 3 amide bonds. The Morgan fingerprint density at radius 3 is 2.43 bits per heavy atom. The highest BCUT2D eigenvalue weighted by atomic mass is 16.2. The summed E-state index contributed by atoms with van der Waals surface area (Å²) in [5.74, 6) is 0.251. The fraction of sp³-hybridized carbons (Fsp3) is 0.500. The van der Waals surface area contributed by atoms with Crippen molar-refractivity contribution in [3.8, 4) is 0 Å². The third-order valence-electron chi connectivity index (χ3n) is 3.24. The maximum absolute atomic E-state index is 11.7. The van der Waals surface area contributed by atoms with Crippen molar-refractivity contribution in [1.29, 1.82) is 0 Å². The molecule has 21 heavy (non-hydrogen) atoms. The Balaban J connectivity index is 2.23. The second-order valence-corrected chi connectivity index (χ2v) is 5.63. The number of benzene rings is 1. The average molecular weight is 292 g/mol. The Labute approximate surface area is 126 Å². The molecule has 0 aliphatic heterocycles. The maximum atomic E-state index is 11.7. The van der Waals surface area contributed by atoms with Crippen molar-refractivity contribution in [2.45, 2.75) is 33.2 Å². The molecule has 4 N–H and O–H groups in total. The van der Waals surface area contributed by atoms with E-state index in [9.17, 15) is 9.59 Å². The van der Waals surface area contributed by atoms with E-state index in [1.54, 1.807) is 0 Å². The van der Waals surface area contributed by atoms with Crippen LogP contribution in [0.4, 0.5) is 4.79 Å². The third-order valence-corrected chi connectivity index (χ3v) is 3.24. The van der Waals surface area contributed by atoms with Crippen molar-refractivity contribution in [2.75, 3.05) is 13.1 Å². The van der Waals surface area contributed by atoms with Crippen LogP contribution in [0.5, 0.6) is 0 Å². The molecular weight excluding hydrogens is 266 g/mol. The molecule has 0 bridgehead atoms. The van der Waals surface area contributed by atoms with Gasteiger partial charge in [-0.3, -0.25) is 10.1 Å². The largest absolute Gasteiger partial charge is 0.338 e. The molecule has 1 rings (SSSR count). The third kappa shape index (κ3) is 7.46. The summed E-state index contributed by atoms with van der Waals surface area (Å²) in [6, 6.07) is 9.73. The number of hydrogen-bond acceptors (Lipinski definition) is 2.